The van der Waals surface area contributed by atoms with Crippen molar-refractivity contribution in [1.29, 1.82) is 0 Å². The summed E-state index contributed by atoms with van der Waals surface area (Å²) in [7, 11) is 0. The van der Waals surface area contributed by atoms with Crippen molar-refractivity contribution < 1.29 is 33.8 Å². The Hall–Kier alpha value is -5.23. The number of nitrogens with two attached hydrogens (primary N) is 1. The van der Waals surface area contributed by atoms with Crippen LogP contribution in [0.2, 0.25) is 0 Å². The number of likely N-dealkylation sites (tertiary alicyclic amines) is 1. The number of nitrogens with zero attached hydrogens (tertiary/aromatic N) is 1. The number of hydrogen-bond acceptors (Lipinski definition) is 7. The summed E-state index contributed by atoms with van der Waals surface area (Å²) < 4.78 is 5.23. The van der Waals surface area contributed by atoms with Crippen molar-refractivity contribution in [2.45, 2.75) is 82.3 Å². The molecule has 49 heavy (non-hydrogen) atoms. The van der Waals surface area contributed by atoms with Crippen molar-refractivity contribution in [2.75, 3.05) is 6.54 Å². The molecule has 1 aliphatic rings. The van der Waals surface area contributed by atoms with Crippen LogP contribution < -0.4 is 21.7 Å². The fourth-order valence-electron chi connectivity index (χ4n) is 5.80. The number of carbonyl (C=O) groups excluding carboxylic acids is 5. The second-order valence-electron chi connectivity index (χ2n) is 13.3. The van der Waals surface area contributed by atoms with Gasteiger partial charge in [-0.3, -0.25) is 19.2 Å². The number of hydrogen-bond donors (Lipinski definition) is 5. The van der Waals surface area contributed by atoms with Crippen LogP contribution in [0.4, 0.5) is 4.79 Å². The largest absolute Gasteiger partial charge is 0.445 e. The summed E-state index contributed by atoms with van der Waals surface area (Å²) in [6.45, 7) is 5.62. The van der Waals surface area contributed by atoms with Crippen molar-refractivity contribution >= 4 is 29.7 Å². The minimum atomic E-state index is -1.79. The minimum Gasteiger partial charge on any atom is -0.445 e. The fourth-order valence-corrected chi connectivity index (χ4v) is 5.80. The lowest BCUT2D eigenvalue weighted by Gasteiger charge is -2.32. The predicted octanol–water partition coefficient (Wildman–Crippen LogP) is 2.54. The van der Waals surface area contributed by atoms with Crippen molar-refractivity contribution in [3.8, 4) is 0 Å². The molecule has 1 saturated heterocycles. The third-order valence-corrected chi connectivity index (χ3v) is 8.14. The highest BCUT2D eigenvalue weighted by molar-refractivity contribution is 5.93. The number of primary amides is 1. The Morgan fingerprint density at radius 3 is 2.02 bits per heavy atom. The molecule has 3 aromatic carbocycles. The maximum atomic E-state index is 14.1. The van der Waals surface area contributed by atoms with Gasteiger partial charge in [0.15, 0.2) is 6.10 Å². The van der Waals surface area contributed by atoms with Crippen LogP contribution in [0.5, 0.6) is 0 Å². The van der Waals surface area contributed by atoms with Crippen molar-refractivity contribution in [3.05, 3.63) is 108 Å². The highest BCUT2D eigenvalue weighted by Crippen LogP contribution is 2.33. The molecule has 5 amide bonds. The van der Waals surface area contributed by atoms with E-state index in [0.717, 1.165) is 5.56 Å². The van der Waals surface area contributed by atoms with Gasteiger partial charge in [0.25, 0.3) is 5.91 Å². The first kappa shape index (κ1) is 36.6. The molecular formula is C37H45N5O7. The third-order valence-electron chi connectivity index (χ3n) is 8.14. The summed E-state index contributed by atoms with van der Waals surface area (Å²) >= 11 is 0. The first-order valence-electron chi connectivity index (χ1n) is 16.3. The van der Waals surface area contributed by atoms with E-state index in [1.165, 1.54) is 4.90 Å². The van der Waals surface area contributed by atoms with E-state index in [9.17, 15) is 29.1 Å². The first-order chi connectivity index (χ1) is 23.3. The highest BCUT2D eigenvalue weighted by atomic mass is 16.5. The van der Waals surface area contributed by atoms with Crippen molar-refractivity contribution in [1.82, 2.24) is 20.9 Å². The third kappa shape index (κ3) is 10.9. The Kier molecular flexibility index (Phi) is 12.5. The lowest BCUT2D eigenvalue weighted by atomic mass is 9.96. The van der Waals surface area contributed by atoms with Crippen LogP contribution in [-0.2, 0) is 36.9 Å². The Balaban J connectivity index is 1.56. The molecular weight excluding hydrogens is 626 g/mol. The zero-order valence-electron chi connectivity index (χ0n) is 28.0. The number of aliphatic hydroxyl groups is 1. The summed E-state index contributed by atoms with van der Waals surface area (Å²) in [5.41, 5.74) is 7.21. The monoisotopic (exact) mass is 671 g/mol. The number of carbonyl (C=O) groups is 5. The number of nitrogens with one attached hydrogen (secondary N) is 3. The van der Waals surface area contributed by atoms with Gasteiger partial charge in [0.1, 0.15) is 18.7 Å². The van der Waals surface area contributed by atoms with E-state index in [2.05, 4.69) is 16.0 Å². The predicted molar refractivity (Wildman–Crippen MR) is 183 cm³/mol. The molecule has 12 nitrogen and oxygen atoms in total. The van der Waals surface area contributed by atoms with Gasteiger partial charge in [-0.25, -0.2) is 4.79 Å². The normalized spacial score (nSPS) is 17.7. The fraction of sp³-hybridized carbons (Fsp3) is 0.378. The smallest absolute Gasteiger partial charge is 0.408 e. The highest BCUT2D eigenvalue weighted by Gasteiger charge is 2.44. The Morgan fingerprint density at radius 2 is 1.45 bits per heavy atom. The Morgan fingerprint density at radius 1 is 0.878 bits per heavy atom. The lowest BCUT2D eigenvalue weighted by Crippen LogP contribution is -2.59. The van der Waals surface area contributed by atoms with Crippen LogP contribution in [0.3, 0.4) is 0 Å². The molecule has 0 saturated carbocycles. The summed E-state index contributed by atoms with van der Waals surface area (Å²) in [6.07, 6.45) is -2.94. The van der Waals surface area contributed by atoms with E-state index in [1.54, 1.807) is 54.6 Å². The van der Waals surface area contributed by atoms with E-state index < -0.39 is 60.0 Å². The van der Waals surface area contributed by atoms with Gasteiger partial charge < -0.3 is 36.4 Å². The molecule has 0 bridgehead atoms. The molecule has 1 fully saturated rings. The van der Waals surface area contributed by atoms with Gasteiger partial charge >= 0.3 is 6.09 Å². The Bertz CT molecular complexity index is 1580. The molecule has 260 valence electrons. The Labute approximate surface area is 286 Å². The zero-order valence-corrected chi connectivity index (χ0v) is 28.0. The standard InChI is InChI=1S/C37H45N5O7/c1-37(2,3)41-34(46)30-20-27(26-17-11-6-12-18-26)22-42(30)35(47)32(44)28(19-24-13-7-4-8-14-24)39-33(45)29(21-31(38)43)40-36(48)49-23-25-15-9-5-10-16-25/h4-18,27-30,32,44H,19-23H2,1-3H3,(H2,38,43)(H,39,45)(H,40,48)(H,41,46)/t27-,28?,29+,30+,32?/m1/s1. The summed E-state index contributed by atoms with van der Waals surface area (Å²) in [4.78, 5) is 67.2. The van der Waals surface area contributed by atoms with Gasteiger partial charge in [0.05, 0.1) is 12.5 Å². The molecule has 1 heterocycles. The average molecular weight is 672 g/mol. The van der Waals surface area contributed by atoms with Crippen LogP contribution in [0, 0.1) is 0 Å². The molecule has 0 aliphatic carbocycles. The van der Waals surface area contributed by atoms with Crippen LogP contribution in [-0.4, -0.2) is 76.0 Å². The van der Waals surface area contributed by atoms with Crippen LogP contribution in [0.1, 0.15) is 56.2 Å². The van der Waals surface area contributed by atoms with Gasteiger partial charge in [0, 0.05) is 18.0 Å². The zero-order chi connectivity index (χ0) is 35.6. The van der Waals surface area contributed by atoms with Crippen LogP contribution in [0.25, 0.3) is 0 Å². The second kappa shape index (κ2) is 16.7. The first-order valence-corrected chi connectivity index (χ1v) is 16.3. The molecule has 1 aliphatic heterocycles. The number of rotatable bonds is 13. The van der Waals surface area contributed by atoms with Crippen molar-refractivity contribution in [2.24, 2.45) is 5.73 Å². The molecule has 6 N–H and O–H groups in total. The summed E-state index contributed by atoms with van der Waals surface area (Å²) in [5.74, 6) is -2.98. The quantitative estimate of drug-likeness (QED) is 0.185. The number of ether oxygens (including phenoxy) is 1. The van der Waals surface area contributed by atoms with E-state index in [-0.39, 0.29) is 31.4 Å². The maximum Gasteiger partial charge on any atom is 0.408 e. The molecule has 0 aromatic heterocycles. The van der Waals surface area contributed by atoms with E-state index in [1.807, 2.05) is 57.2 Å². The van der Waals surface area contributed by atoms with Crippen LogP contribution in [0.15, 0.2) is 91.0 Å². The van der Waals surface area contributed by atoms with E-state index in [0.29, 0.717) is 17.5 Å². The van der Waals surface area contributed by atoms with E-state index >= 15 is 0 Å². The SMILES string of the molecule is CC(C)(C)NC(=O)[C@@H]1C[C@@H](c2ccccc2)CN1C(=O)C(O)C(Cc1ccccc1)NC(=O)[C@H](CC(N)=O)NC(=O)OCc1ccccc1. The summed E-state index contributed by atoms with van der Waals surface area (Å²) in [6, 6.07) is 23.8. The van der Waals surface area contributed by atoms with Gasteiger partial charge in [-0.2, -0.15) is 0 Å². The topological polar surface area (TPSA) is 180 Å². The van der Waals surface area contributed by atoms with E-state index in [4.69, 9.17) is 10.5 Å². The molecule has 0 radical (unpaired) electrons. The van der Waals surface area contributed by atoms with Gasteiger partial charge in [0.2, 0.25) is 17.7 Å². The van der Waals surface area contributed by atoms with Crippen LogP contribution >= 0.6 is 0 Å². The molecule has 4 rings (SSSR count). The number of amides is 5. The second-order valence-corrected chi connectivity index (χ2v) is 13.3. The number of benzene rings is 3. The van der Waals surface area contributed by atoms with Crippen molar-refractivity contribution in [3.63, 3.8) is 0 Å². The number of alkyl carbamates (subject to hydrolysis) is 1. The minimum absolute atomic E-state index is 0.0238. The summed E-state index contributed by atoms with van der Waals surface area (Å²) in [5, 5.41) is 19.6. The molecule has 12 heteroatoms. The van der Waals surface area contributed by atoms with Gasteiger partial charge in [-0.1, -0.05) is 91.0 Å². The molecule has 2 unspecified atom stereocenters. The average Bonchev–Trinajstić information content (AvgIpc) is 3.52. The number of aliphatic hydroxyl groups excluding tert-OH is 1. The molecule has 0 spiro atoms. The van der Waals surface area contributed by atoms with Gasteiger partial charge in [-0.15, -0.1) is 0 Å². The van der Waals surface area contributed by atoms with Gasteiger partial charge in [-0.05, 0) is 50.3 Å². The lowest BCUT2D eigenvalue weighted by molar-refractivity contribution is -0.147. The maximum absolute atomic E-state index is 14.1. The molecule has 3 aromatic rings. The molecule has 5 atom stereocenters.